The molecular weight excluding hydrogens is 458 g/mol. The highest BCUT2D eigenvalue weighted by Crippen LogP contribution is 2.29. The third-order valence-electron chi connectivity index (χ3n) is 5.33. The van der Waals surface area contributed by atoms with Gasteiger partial charge in [0.25, 0.3) is 5.91 Å². The maximum atomic E-state index is 12.4. The molecule has 8 heteroatoms. The molecule has 0 bridgehead atoms. The zero-order valence-corrected chi connectivity index (χ0v) is 20.7. The predicted molar refractivity (Wildman–Crippen MR) is 140 cm³/mol. The van der Waals surface area contributed by atoms with Gasteiger partial charge in [-0.2, -0.15) is 5.10 Å². The van der Waals surface area contributed by atoms with Crippen LogP contribution >= 0.6 is 11.8 Å². The lowest BCUT2D eigenvalue weighted by Gasteiger charge is -2.10. The molecule has 1 heterocycles. The fourth-order valence-corrected chi connectivity index (χ4v) is 4.15. The van der Waals surface area contributed by atoms with Gasteiger partial charge in [0.05, 0.1) is 19.1 Å². The number of aromatic nitrogens is 3. The maximum absolute atomic E-state index is 12.4. The molecule has 0 aliphatic carbocycles. The van der Waals surface area contributed by atoms with E-state index in [1.165, 1.54) is 17.3 Å². The van der Waals surface area contributed by atoms with Crippen LogP contribution in [0.2, 0.25) is 0 Å². The monoisotopic (exact) mass is 485 g/mol. The molecule has 1 N–H and O–H groups in total. The van der Waals surface area contributed by atoms with Gasteiger partial charge in [-0.1, -0.05) is 68.1 Å². The number of nitrogens with one attached hydrogen (secondary N) is 1. The third kappa shape index (κ3) is 6.16. The SMILES string of the molecule is COc1ccc(-c2nnc(SCC(=O)NN=Cc3ccc(C(C)C)cc3)n2-c2ccccc2)cc1. The van der Waals surface area contributed by atoms with Crippen molar-refractivity contribution < 1.29 is 9.53 Å². The molecule has 1 amide bonds. The average molecular weight is 486 g/mol. The third-order valence-corrected chi connectivity index (χ3v) is 6.26. The topological polar surface area (TPSA) is 81.4 Å². The number of thioether (sulfide) groups is 1. The summed E-state index contributed by atoms with van der Waals surface area (Å²) in [6, 6.07) is 25.6. The zero-order valence-electron chi connectivity index (χ0n) is 19.9. The summed E-state index contributed by atoms with van der Waals surface area (Å²) in [5.74, 6) is 1.85. The number of amides is 1. The van der Waals surface area contributed by atoms with Crippen molar-refractivity contribution in [2.45, 2.75) is 24.9 Å². The lowest BCUT2D eigenvalue weighted by molar-refractivity contribution is -0.118. The predicted octanol–water partition coefficient (Wildman–Crippen LogP) is 5.31. The normalized spacial score (nSPS) is 11.2. The van der Waals surface area contributed by atoms with E-state index in [0.29, 0.717) is 16.9 Å². The summed E-state index contributed by atoms with van der Waals surface area (Å²) in [6.07, 6.45) is 1.64. The number of hydrogen-bond donors (Lipinski definition) is 1. The standard InChI is InChI=1S/C27H27N5O2S/c1-19(2)21-11-9-20(10-12-21)17-28-29-25(33)18-35-27-31-30-26(22-13-15-24(34-3)16-14-22)32(27)23-7-5-4-6-8-23/h4-17,19H,18H2,1-3H3,(H,29,33). The largest absolute Gasteiger partial charge is 0.497 e. The fraction of sp³-hybridized carbons (Fsp3) is 0.185. The number of carbonyl (C=O) groups excluding carboxylic acids is 1. The van der Waals surface area contributed by atoms with Gasteiger partial charge in [-0.15, -0.1) is 10.2 Å². The molecule has 0 saturated heterocycles. The Hall–Kier alpha value is -3.91. The van der Waals surface area contributed by atoms with E-state index in [1.807, 2.05) is 71.3 Å². The molecule has 0 aliphatic rings. The minimum atomic E-state index is -0.223. The molecule has 0 fully saturated rings. The van der Waals surface area contributed by atoms with Crippen LogP contribution in [0.1, 0.15) is 30.9 Å². The highest BCUT2D eigenvalue weighted by atomic mass is 32.2. The first-order chi connectivity index (χ1) is 17.0. The van der Waals surface area contributed by atoms with Crippen LogP contribution in [0.15, 0.2) is 89.1 Å². The van der Waals surface area contributed by atoms with Crippen LogP contribution in [-0.4, -0.2) is 39.7 Å². The Labute approximate surface area is 209 Å². The van der Waals surface area contributed by atoms with Gasteiger partial charge >= 0.3 is 0 Å². The minimum Gasteiger partial charge on any atom is -0.497 e. The second kappa shape index (κ2) is 11.5. The first-order valence-electron chi connectivity index (χ1n) is 11.2. The summed E-state index contributed by atoms with van der Waals surface area (Å²) in [5, 5.41) is 13.5. The highest BCUT2D eigenvalue weighted by molar-refractivity contribution is 7.99. The van der Waals surface area contributed by atoms with Gasteiger partial charge in [0.2, 0.25) is 0 Å². The molecule has 178 valence electrons. The smallest absolute Gasteiger partial charge is 0.250 e. The van der Waals surface area contributed by atoms with Crippen LogP contribution in [0, 0.1) is 0 Å². The number of nitrogens with zero attached hydrogens (tertiary/aromatic N) is 4. The van der Waals surface area contributed by atoms with E-state index >= 15 is 0 Å². The second-order valence-electron chi connectivity index (χ2n) is 8.11. The molecule has 0 spiro atoms. The van der Waals surface area contributed by atoms with Crippen LogP contribution in [0.5, 0.6) is 5.75 Å². The first-order valence-corrected chi connectivity index (χ1v) is 12.2. The lowest BCUT2D eigenvalue weighted by atomic mass is 10.0. The summed E-state index contributed by atoms with van der Waals surface area (Å²) in [7, 11) is 1.63. The molecule has 4 rings (SSSR count). The van der Waals surface area contributed by atoms with Gasteiger partial charge in [-0.3, -0.25) is 9.36 Å². The molecular formula is C27H27N5O2S. The molecule has 0 unspecified atom stereocenters. The highest BCUT2D eigenvalue weighted by Gasteiger charge is 2.17. The van der Waals surface area contributed by atoms with E-state index in [0.717, 1.165) is 22.6 Å². The van der Waals surface area contributed by atoms with Crippen molar-refractivity contribution in [1.29, 1.82) is 0 Å². The Morgan fingerprint density at radius 2 is 1.74 bits per heavy atom. The van der Waals surface area contributed by atoms with Crippen LogP contribution in [0.25, 0.3) is 17.1 Å². The molecule has 35 heavy (non-hydrogen) atoms. The number of carbonyl (C=O) groups is 1. The van der Waals surface area contributed by atoms with Gasteiger partial charge in [-0.05, 0) is 53.4 Å². The van der Waals surface area contributed by atoms with Crippen LogP contribution < -0.4 is 10.2 Å². The molecule has 7 nitrogen and oxygen atoms in total. The molecule has 1 aromatic heterocycles. The number of rotatable bonds is 9. The number of hydrazone groups is 1. The summed E-state index contributed by atoms with van der Waals surface area (Å²) in [6.45, 7) is 4.30. The molecule has 0 aliphatic heterocycles. The summed E-state index contributed by atoms with van der Waals surface area (Å²) >= 11 is 1.30. The summed E-state index contributed by atoms with van der Waals surface area (Å²) in [5.41, 5.74) is 6.58. The molecule has 0 radical (unpaired) electrons. The van der Waals surface area contributed by atoms with Crippen molar-refractivity contribution in [3.8, 4) is 22.8 Å². The second-order valence-corrected chi connectivity index (χ2v) is 9.05. The molecule has 0 atom stereocenters. The summed E-state index contributed by atoms with van der Waals surface area (Å²) in [4.78, 5) is 12.4. The van der Waals surface area contributed by atoms with Crippen LogP contribution in [0.3, 0.4) is 0 Å². The molecule has 4 aromatic rings. The van der Waals surface area contributed by atoms with Crippen LogP contribution in [-0.2, 0) is 4.79 Å². The van der Waals surface area contributed by atoms with Crippen molar-refractivity contribution in [3.63, 3.8) is 0 Å². The van der Waals surface area contributed by atoms with E-state index in [1.54, 1.807) is 13.3 Å². The van der Waals surface area contributed by atoms with Crippen molar-refractivity contribution in [2.75, 3.05) is 12.9 Å². The first kappa shape index (κ1) is 24.2. The fourth-order valence-electron chi connectivity index (χ4n) is 3.41. The maximum Gasteiger partial charge on any atom is 0.250 e. The van der Waals surface area contributed by atoms with Gasteiger partial charge in [-0.25, -0.2) is 5.43 Å². The Bertz CT molecular complexity index is 1280. The number of methoxy groups -OCH3 is 1. The Morgan fingerprint density at radius 3 is 2.40 bits per heavy atom. The zero-order chi connectivity index (χ0) is 24.6. The van der Waals surface area contributed by atoms with Crippen molar-refractivity contribution in [2.24, 2.45) is 5.10 Å². The van der Waals surface area contributed by atoms with E-state index in [2.05, 4.69) is 46.7 Å². The Morgan fingerprint density at radius 1 is 1.03 bits per heavy atom. The quantitative estimate of drug-likeness (QED) is 0.197. The van der Waals surface area contributed by atoms with Crippen molar-refractivity contribution >= 4 is 23.9 Å². The van der Waals surface area contributed by atoms with E-state index in [9.17, 15) is 4.79 Å². The Balaban J connectivity index is 1.45. The van der Waals surface area contributed by atoms with Gasteiger partial charge < -0.3 is 4.74 Å². The van der Waals surface area contributed by atoms with E-state index in [-0.39, 0.29) is 11.7 Å². The van der Waals surface area contributed by atoms with Gasteiger partial charge in [0.15, 0.2) is 11.0 Å². The Kier molecular flexibility index (Phi) is 7.95. The van der Waals surface area contributed by atoms with E-state index < -0.39 is 0 Å². The molecule has 0 saturated carbocycles. The lowest BCUT2D eigenvalue weighted by Crippen LogP contribution is -2.20. The number of ether oxygens (including phenoxy) is 1. The molecule has 3 aromatic carbocycles. The van der Waals surface area contributed by atoms with Crippen molar-refractivity contribution in [1.82, 2.24) is 20.2 Å². The van der Waals surface area contributed by atoms with Gasteiger partial charge in [0.1, 0.15) is 5.75 Å². The van der Waals surface area contributed by atoms with Crippen molar-refractivity contribution in [3.05, 3.63) is 90.0 Å². The minimum absolute atomic E-state index is 0.150. The van der Waals surface area contributed by atoms with E-state index in [4.69, 9.17) is 4.74 Å². The number of hydrogen-bond acceptors (Lipinski definition) is 6. The van der Waals surface area contributed by atoms with Gasteiger partial charge in [0, 0.05) is 11.3 Å². The summed E-state index contributed by atoms with van der Waals surface area (Å²) < 4.78 is 7.21. The average Bonchev–Trinajstić information content (AvgIpc) is 3.32. The van der Waals surface area contributed by atoms with Crippen LogP contribution in [0.4, 0.5) is 0 Å². The number of benzene rings is 3. The number of para-hydroxylation sites is 1.